The lowest BCUT2D eigenvalue weighted by molar-refractivity contribution is -0.129. The monoisotopic (exact) mass is 471 g/mol. The first-order chi connectivity index (χ1) is 14.8. The predicted octanol–water partition coefficient (Wildman–Crippen LogP) is 2.41. The number of anilines is 2. The van der Waals surface area contributed by atoms with Gasteiger partial charge in [0.15, 0.2) is 5.65 Å². The number of hydrogen-bond acceptors (Lipinski definition) is 8. The van der Waals surface area contributed by atoms with Gasteiger partial charge in [0.05, 0.1) is 18.4 Å². The van der Waals surface area contributed by atoms with Crippen LogP contribution in [0.1, 0.15) is 32.0 Å². The van der Waals surface area contributed by atoms with Crippen molar-refractivity contribution >= 4 is 33.0 Å². The topological polar surface area (TPSA) is 146 Å². The number of fused-ring (bicyclic) bond motifs is 1. The number of alkyl halides is 3. The maximum absolute atomic E-state index is 13.1. The molecule has 0 aliphatic heterocycles. The molecule has 0 bridgehead atoms. The molecule has 3 N–H and O–H groups in total. The molecule has 3 heterocycles. The van der Waals surface area contributed by atoms with Gasteiger partial charge >= 0.3 is 6.18 Å². The molecule has 0 atom stereocenters. The Kier molecular flexibility index (Phi) is 6.09. The van der Waals surface area contributed by atoms with Crippen molar-refractivity contribution in [1.82, 2.24) is 24.5 Å². The zero-order valence-electron chi connectivity index (χ0n) is 17.3. The van der Waals surface area contributed by atoms with Gasteiger partial charge in [-0.1, -0.05) is 0 Å². The van der Waals surface area contributed by atoms with E-state index in [0.717, 1.165) is 0 Å². The van der Waals surface area contributed by atoms with Crippen LogP contribution >= 0.6 is 0 Å². The molecule has 3 rings (SSSR count). The summed E-state index contributed by atoms with van der Waals surface area (Å²) >= 11 is 0. The average Bonchev–Trinajstić information content (AvgIpc) is 2.65. The number of halogens is 3. The summed E-state index contributed by atoms with van der Waals surface area (Å²) in [6.07, 6.45) is -4.71. The highest BCUT2D eigenvalue weighted by atomic mass is 32.2. The van der Waals surface area contributed by atoms with Gasteiger partial charge in [0.25, 0.3) is 5.56 Å². The molecule has 0 saturated heterocycles. The largest absolute Gasteiger partial charge is 0.390 e. The lowest BCUT2D eigenvalue weighted by Crippen LogP contribution is -2.26. The van der Waals surface area contributed by atoms with E-state index in [1.807, 2.05) is 4.72 Å². The molecule has 0 spiro atoms. The molecule has 3 aromatic rings. The zero-order chi connectivity index (χ0) is 23.8. The molecular formula is C18H20F3N7O3S. The van der Waals surface area contributed by atoms with Crippen molar-refractivity contribution in [3.05, 3.63) is 34.4 Å². The second-order valence-electron chi connectivity index (χ2n) is 7.28. The Morgan fingerprint density at radius 1 is 1.19 bits per heavy atom. The van der Waals surface area contributed by atoms with Crippen LogP contribution in [0.3, 0.4) is 0 Å². The fourth-order valence-electron chi connectivity index (χ4n) is 3.00. The Balaban J connectivity index is 2.02. The van der Waals surface area contributed by atoms with Gasteiger partial charge in [-0.05, 0) is 32.9 Å². The molecule has 10 nitrogen and oxygen atoms in total. The Morgan fingerprint density at radius 2 is 1.88 bits per heavy atom. The minimum atomic E-state index is -4.60. The molecular weight excluding hydrogens is 451 g/mol. The number of rotatable bonds is 6. The zero-order valence-corrected chi connectivity index (χ0v) is 18.1. The molecule has 3 aromatic heterocycles. The first-order valence-corrected chi connectivity index (χ1v) is 11.0. The highest BCUT2D eigenvalue weighted by molar-refractivity contribution is 7.92. The third-order valence-corrected chi connectivity index (χ3v) is 5.68. The first-order valence-electron chi connectivity index (χ1n) is 9.37. The number of nitrogens with one attached hydrogen (secondary N) is 1. The molecule has 14 heteroatoms. The normalized spacial score (nSPS) is 12.5. The van der Waals surface area contributed by atoms with Gasteiger partial charge in [-0.3, -0.25) is 14.1 Å². The van der Waals surface area contributed by atoms with Gasteiger partial charge in [-0.25, -0.2) is 23.4 Å². The summed E-state index contributed by atoms with van der Waals surface area (Å²) in [4.78, 5) is 29.5. The number of nitrogens with two attached hydrogens (primary N) is 1. The van der Waals surface area contributed by atoms with Crippen LogP contribution in [0.2, 0.25) is 0 Å². The van der Waals surface area contributed by atoms with Crippen LogP contribution in [-0.2, 0) is 10.0 Å². The minimum absolute atomic E-state index is 0.0131. The highest BCUT2D eigenvalue weighted by Gasteiger charge is 2.30. The van der Waals surface area contributed by atoms with Crippen molar-refractivity contribution in [2.24, 2.45) is 0 Å². The second kappa shape index (κ2) is 8.33. The van der Waals surface area contributed by atoms with Crippen molar-refractivity contribution in [2.45, 2.75) is 39.4 Å². The van der Waals surface area contributed by atoms with Gasteiger partial charge in [-0.15, -0.1) is 0 Å². The third kappa shape index (κ3) is 5.12. The Morgan fingerprint density at radius 3 is 2.47 bits per heavy atom. The Bertz CT molecular complexity index is 1340. The summed E-state index contributed by atoms with van der Waals surface area (Å²) in [5, 5.41) is 0. The minimum Gasteiger partial charge on any atom is -0.368 e. The van der Waals surface area contributed by atoms with Crippen molar-refractivity contribution in [1.29, 1.82) is 0 Å². The van der Waals surface area contributed by atoms with Crippen LogP contribution in [-0.4, -0.2) is 44.8 Å². The standard InChI is InChI=1S/C18H20F3N7O3S/c1-9(2)28-15-12(8-23-17(22)26-15)25-14(16(28)29)11-4-5-13(24-10(11)3)27-32(30,31)7-6-18(19,20)21/h4-5,8-9H,6-7H2,1-3H3,(H,24,27)(H2,22,23,26). The molecule has 0 aliphatic rings. The van der Waals surface area contributed by atoms with Crippen LogP contribution in [0.4, 0.5) is 24.9 Å². The summed E-state index contributed by atoms with van der Waals surface area (Å²) in [5.41, 5.74) is 6.36. The quantitative estimate of drug-likeness (QED) is 0.557. The lowest BCUT2D eigenvalue weighted by atomic mass is 10.1. The maximum Gasteiger partial charge on any atom is 0.390 e. The highest BCUT2D eigenvalue weighted by Crippen LogP contribution is 2.24. The fourth-order valence-corrected chi connectivity index (χ4v) is 4.03. The van der Waals surface area contributed by atoms with E-state index < -0.39 is 33.9 Å². The smallest absolute Gasteiger partial charge is 0.368 e. The average molecular weight is 471 g/mol. The van der Waals surface area contributed by atoms with Crippen LogP contribution < -0.4 is 16.0 Å². The summed E-state index contributed by atoms with van der Waals surface area (Å²) < 4.78 is 64.2. The van der Waals surface area contributed by atoms with Crippen molar-refractivity contribution in [2.75, 3.05) is 16.2 Å². The van der Waals surface area contributed by atoms with E-state index in [9.17, 15) is 26.4 Å². The second-order valence-corrected chi connectivity index (χ2v) is 9.12. The molecule has 0 amide bonds. The third-order valence-electron chi connectivity index (χ3n) is 4.42. The lowest BCUT2D eigenvalue weighted by Gasteiger charge is -2.15. The summed E-state index contributed by atoms with van der Waals surface area (Å²) in [5.74, 6) is -1.32. The summed E-state index contributed by atoms with van der Waals surface area (Å²) in [6.45, 7) is 5.09. The number of aromatic nitrogens is 5. The number of nitrogen functional groups attached to an aromatic ring is 1. The van der Waals surface area contributed by atoms with Gasteiger partial charge in [-0.2, -0.15) is 18.2 Å². The summed E-state index contributed by atoms with van der Waals surface area (Å²) in [7, 11) is -4.26. The van der Waals surface area contributed by atoms with E-state index >= 15 is 0 Å². The van der Waals surface area contributed by atoms with Crippen molar-refractivity contribution in [3.8, 4) is 11.3 Å². The number of pyridine rings is 1. The van der Waals surface area contributed by atoms with E-state index in [1.165, 1.54) is 29.8 Å². The van der Waals surface area contributed by atoms with Gasteiger partial charge < -0.3 is 5.73 Å². The molecule has 0 aliphatic carbocycles. The number of hydrogen-bond donors (Lipinski definition) is 2. The first kappa shape index (κ1) is 23.4. The van der Waals surface area contributed by atoms with E-state index in [4.69, 9.17) is 5.73 Å². The Hall–Kier alpha value is -3.29. The molecule has 172 valence electrons. The number of sulfonamides is 1. The molecule has 32 heavy (non-hydrogen) atoms. The molecule has 0 radical (unpaired) electrons. The van der Waals surface area contributed by atoms with Gasteiger partial charge in [0.2, 0.25) is 16.0 Å². The van der Waals surface area contributed by atoms with E-state index in [0.29, 0.717) is 11.1 Å². The van der Waals surface area contributed by atoms with Gasteiger partial charge in [0.1, 0.15) is 17.0 Å². The molecule has 0 aromatic carbocycles. The molecule has 0 saturated carbocycles. The number of aryl methyl sites for hydroxylation is 1. The van der Waals surface area contributed by atoms with Crippen LogP contribution in [0, 0.1) is 6.92 Å². The van der Waals surface area contributed by atoms with Crippen LogP contribution in [0.25, 0.3) is 22.4 Å². The summed E-state index contributed by atoms with van der Waals surface area (Å²) in [6, 6.07) is 2.38. The van der Waals surface area contributed by atoms with Crippen LogP contribution in [0.15, 0.2) is 23.1 Å². The predicted molar refractivity (Wildman–Crippen MR) is 112 cm³/mol. The van der Waals surface area contributed by atoms with Crippen molar-refractivity contribution in [3.63, 3.8) is 0 Å². The SMILES string of the molecule is Cc1nc(NS(=O)(=O)CCC(F)(F)F)ccc1-c1nc2cnc(N)nc2n(C(C)C)c1=O. The maximum atomic E-state index is 13.1. The fraction of sp³-hybridized carbons (Fsp3) is 0.389. The Labute approximate surface area is 180 Å². The van der Waals surface area contributed by atoms with Crippen LogP contribution in [0.5, 0.6) is 0 Å². The van der Waals surface area contributed by atoms with E-state index in [1.54, 1.807) is 13.8 Å². The molecule has 0 fully saturated rings. The van der Waals surface area contributed by atoms with Crippen molar-refractivity contribution < 1.29 is 21.6 Å². The van der Waals surface area contributed by atoms with E-state index in [2.05, 4.69) is 19.9 Å². The van der Waals surface area contributed by atoms with Gasteiger partial charge in [0, 0.05) is 17.3 Å². The number of nitrogens with zero attached hydrogens (tertiary/aromatic N) is 5. The molecule has 0 unspecified atom stereocenters. The van der Waals surface area contributed by atoms with E-state index in [-0.39, 0.29) is 34.8 Å².